The van der Waals surface area contributed by atoms with Crippen molar-refractivity contribution >= 4 is 27.5 Å². The van der Waals surface area contributed by atoms with E-state index in [1.54, 1.807) is 0 Å². The number of aliphatic hydroxyl groups is 1. The summed E-state index contributed by atoms with van der Waals surface area (Å²) in [5.74, 6) is 1.83. The number of pyridine rings is 2. The van der Waals surface area contributed by atoms with Crippen LogP contribution in [0.15, 0.2) is 71.1 Å². The van der Waals surface area contributed by atoms with Gasteiger partial charge in [-0.3, -0.25) is 14.8 Å². The number of ketones is 1. The molecule has 6 rings (SSSR count). The number of nitrogens with zero attached hydrogens (tertiary/aromatic N) is 2. The monoisotopic (exact) mass is 892 g/mol. The predicted molar refractivity (Wildman–Crippen MR) is 217 cm³/mol. The van der Waals surface area contributed by atoms with Crippen LogP contribution in [-0.4, -0.2) is 20.9 Å². The van der Waals surface area contributed by atoms with Gasteiger partial charge in [-0.2, -0.15) is 0 Å². The molecule has 0 unspecified atom stereocenters. The first-order chi connectivity index (χ1) is 24.6. The van der Waals surface area contributed by atoms with Gasteiger partial charge in [-0.05, 0) is 74.0 Å². The number of carbonyl (C=O) groups is 1. The molecule has 1 N–H and O–H groups in total. The minimum absolute atomic E-state index is 0. The van der Waals surface area contributed by atoms with Crippen molar-refractivity contribution in [2.24, 2.45) is 16.7 Å². The smallest absolute Gasteiger partial charge is 0.164 e. The Morgan fingerprint density at radius 1 is 0.906 bits per heavy atom. The Labute approximate surface area is 331 Å². The van der Waals surface area contributed by atoms with E-state index in [-0.39, 0.29) is 47.9 Å². The third-order valence-corrected chi connectivity index (χ3v) is 11.7. The summed E-state index contributed by atoms with van der Waals surface area (Å²) in [7, 11) is 0. The van der Waals surface area contributed by atoms with Crippen LogP contribution in [-0.2, 0) is 49.6 Å². The van der Waals surface area contributed by atoms with E-state index in [2.05, 4.69) is 83.1 Å². The normalized spacial score (nSPS) is 13.3. The molecule has 5 aromatic rings. The maximum absolute atomic E-state index is 12.2. The van der Waals surface area contributed by atoms with Crippen molar-refractivity contribution in [3.05, 3.63) is 95.1 Å². The van der Waals surface area contributed by atoms with E-state index in [0.717, 1.165) is 83.9 Å². The molecule has 5 nitrogen and oxygen atoms in total. The van der Waals surface area contributed by atoms with E-state index in [0.29, 0.717) is 5.92 Å². The van der Waals surface area contributed by atoms with Gasteiger partial charge in [0.05, 0.1) is 0 Å². The Morgan fingerprint density at radius 3 is 2.19 bits per heavy atom. The molecule has 0 spiro atoms. The standard InChI is InChI=1S/C32H31N2O.C15H28O2.Ir/c1-19(2)14-23-16-21-10-11-25-26-12-13-33-29(31(26)35-30(25)27(21)18-34-23)22-15-20-8-6-7-9-24(20)28(17-22)32(3,4)5;1-7-14(5,8-2)12(16)11-13(17)15(6,9-3)10-4;/h6-9,12-13,16-19H,10-11,14H2,1-5H3;11,16H,7-10H2,1-6H3;/q-1;;/b;12-11-;. The zero-order valence-corrected chi connectivity index (χ0v) is 36.2. The van der Waals surface area contributed by atoms with Crippen molar-refractivity contribution in [2.45, 2.75) is 127 Å². The number of rotatable bonds is 10. The molecule has 285 valence electrons. The summed E-state index contributed by atoms with van der Waals surface area (Å²) >= 11 is 0. The van der Waals surface area contributed by atoms with Crippen molar-refractivity contribution in [3.8, 4) is 22.6 Å². The first kappa shape index (κ1) is 42.1. The van der Waals surface area contributed by atoms with Gasteiger partial charge >= 0.3 is 0 Å². The number of aromatic nitrogens is 2. The fourth-order valence-corrected chi connectivity index (χ4v) is 7.14. The predicted octanol–water partition coefficient (Wildman–Crippen LogP) is 12.8. The zero-order chi connectivity index (χ0) is 38.0. The fraction of sp³-hybridized carbons (Fsp3) is 0.468. The van der Waals surface area contributed by atoms with Gasteiger partial charge < -0.3 is 9.52 Å². The summed E-state index contributed by atoms with van der Waals surface area (Å²) in [6.45, 7) is 23.3. The number of hydrogen-bond donors (Lipinski definition) is 1. The van der Waals surface area contributed by atoms with E-state index in [4.69, 9.17) is 14.4 Å². The number of fused-ring (bicyclic) bond motifs is 6. The maximum atomic E-state index is 12.2. The van der Waals surface area contributed by atoms with Gasteiger partial charge in [-0.25, -0.2) is 0 Å². The van der Waals surface area contributed by atoms with Crippen LogP contribution in [0.1, 0.15) is 124 Å². The Hall–Kier alpha value is -3.60. The number of hydrogen-bond acceptors (Lipinski definition) is 5. The van der Waals surface area contributed by atoms with Crippen LogP contribution >= 0.6 is 0 Å². The molecule has 3 aromatic heterocycles. The van der Waals surface area contributed by atoms with Crippen LogP contribution < -0.4 is 0 Å². The summed E-state index contributed by atoms with van der Waals surface area (Å²) in [4.78, 5) is 21.8. The molecule has 0 aliphatic heterocycles. The van der Waals surface area contributed by atoms with Crippen LogP contribution in [0.4, 0.5) is 0 Å². The van der Waals surface area contributed by atoms with Crippen molar-refractivity contribution in [1.29, 1.82) is 0 Å². The number of carbonyl (C=O) groups excluding carboxylic acids is 1. The SMILES string of the molecule is CC(C)Cc1cc2c(cn1)-c1oc3c(-c4[c-]c5ccccc5c(C(C)(C)C)c4)nccc3c1CC2.CCC(C)(CC)C(=O)/C=C(\O)C(C)(CC)CC.[Ir]. The number of aryl methyl sites for hydroxylation is 2. The van der Waals surface area contributed by atoms with Crippen LogP contribution in [0.5, 0.6) is 0 Å². The third-order valence-electron chi connectivity index (χ3n) is 11.7. The molecule has 0 saturated heterocycles. The Kier molecular flexibility index (Phi) is 13.4. The van der Waals surface area contributed by atoms with Gasteiger partial charge in [0.25, 0.3) is 0 Å². The number of aliphatic hydroxyl groups excluding tert-OH is 1. The average molecular weight is 892 g/mol. The van der Waals surface area contributed by atoms with Gasteiger partial charge in [-0.1, -0.05) is 105 Å². The first-order valence-corrected chi connectivity index (χ1v) is 19.4. The molecular formula is C47H59IrN2O3-. The van der Waals surface area contributed by atoms with E-state index < -0.39 is 0 Å². The van der Waals surface area contributed by atoms with Gasteiger partial charge in [0.1, 0.15) is 17.1 Å². The summed E-state index contributed by atoms with van der Waals surface area (Å²) in [6.07, 6.45) is 11.7. The molecule has 3 heterocycles. The average Bonchev–Trinajstić information content (AvgIpc) is 3.52. The molecule has 53 heavy (non-hydrogen) atoms. The molecule has 0 amide bonds. The quantitative estimate of drug-likeness (QED) is 0.0859. The second kappa shape index (κ2) is 16.8. The van der Waals surface area contributed by atoms with Gasteiger partial charge in [-0.15, -0.1) is 29.1 Å². The topological polar surface area (TPSA) is 76.2 Å². The third kappa shape index (κ3) is 8.71. The van der Waals surface area contributed by atoms with E-state index >= 15 is 0 Å². The van der Waals surface area contributed by atoms with Gasteiger partial charge in [0.2, 0.25) is 0 Å². The van der Waals surface area contributed by atoms with Gasteiger partial charge in [0.15, 0.2) is 5.78 Å². The van der Waals surface area contributed by atoms with E-state index in [9.17, 15) is 9.90 Å². The molecule has 1 aliphatic rings. The van der Waals surface area contributed by atoms with E-state index in [1.165, 1.54) is 33.8 Å². The second-order valence-corrected chi connectivity index (χ2v) is 16.7. The van der Waals surface area contributed by atoms with Crippen LogP contribution in [0, 0.1) is 22.8 Å². The van der Waals surface area contributed by atoms with Crippen molar-refractivity contribution in [3.63, 3.8) is 0 Å². The van der Waals surface area contributed by atoms with Crippen molar-refractivity contribution in [2.75, 3.05) is 0 Å². The minimum atomic E-state index is -0.337. The van der Waals surface area contributed by atoms with Crippen LogP contribution in [0.25, 0.3) is 44.3 Å². The van der Waals surface area contributed by atoms with Crippen molar-refractivity contribution < 1.29 is 34.4 Å². The first-order valence-electron chi connectivity index (χ1n) is 19.4. The van der Waals surface area contributed by atoms with Crippen molar-refractivity contribution in [1.82, 2.24) is 9.97 Å². The minimum Gasteiger partial charge on any atom is -0.512 e. The molecule has 0 saturated carbocycles. The molecule has 6 heteroatoms. The molecule has 2 aromatic carbocycles. The Balaban J connectivity index is 0.000000299. The molecule has 0 atom stereocenters. The summed E-state index contributed by atoms with van der Waals surface area (Å²) in [6, 6.07) is 18.8. The molecule has 1 aliphatic carbocycles. The number of furan rings is 1. The largest absolute Gasteiger partial charge is 0.512 e. The molecular weight excluding hydrogens is 833 g/mol. The molecule has 1 radical (unpaired) electrons. The van der Waals surface area contributed by atoms with Crippen LogP contribution in [0.3, 0.4) is 0 Å². The second-order valence-electron chi connectivity index (χ2n) is 16.7. The molecule has 0 bridgehead atoms. The summed E-state index contributed by atoms with van der Waals surface area (Å²) in [5.41, 5.74) is 8.28. The maximum Gasteiger partial charge on any atom is 0.164 e. The summed E-state index contributed by atoms with van der Waals surface area (Å²) in [5, 5.41) is 13.6. The number of allylic oxidation sites excluding steroid dienone is 2. The van der Waals surface area contributed by atoms with Gasteiger partial charge in [0, 0.05) is 77.3 Å². The molecule has 0 fully saturated rings. The van der Waals surface area contributed by atoms with Crippen LogP contribution in [0.2, 0.25) is 0 Å². The number of benzene rings is 2. The van der Waals surface area contributed by atoms with E-state index in [1.807, 2.05) is 53.9 Å². The Morgan fingerprint density at radius 2 is 1.57 bits per heavy atom. The Bertz CT molecular complexity index is 2090. The fourth-order valence-electron chi connectivity index (χ4n) is 7.14. The summed E-state index contributed by atoms with van der Waals surface area (Å²) < 4.78 is 6.64. The zero-order valence-electron chi connectivity index (χ0n) is 33.8.